The van der Waals surface area contributed by atoms with Crippen molar-refractivity contribution in [1.82, 2.24) is 15.0 Å². The number of aromatic nitrogens is 3. The van der Waals surface area contributed by atoms with E-state index >= 15 is 0 Å². The number of pyridine rings is 1. The summed E-state index contributed by atoms with van der Waals surface area (Å²) >= 11 is 0. The van der Waals surface area contributed by atoms with Crippen molar-refractivity contribution >= 4 is 23.4 Å². The average molecular weight is 791 g/mol. The van der Waals surface area contributed by atoms with Crippen LogP contribution in [0, 0.1) is 11.8 Å². The fourth-order valence-corrected chi connectivity index (χ4v) is 6.94. The molecule has 3 aromatic rings. The number of carbonyl (C=O) groups is 1. The van der Waals surface area contributed by atoms with Gasteiger partial charge >= 0.3 is 24.5 Å². The van der Waals surface area contributed by atoms with Crippen LogP contribution in [0.2, 0.25) is 0 Å². The fraction of sp³-hybridized carbons (Fsp3) is 0.579. The molecule has 5 rings (SSSR count). The molecule has 0 amide bonds. The van der Waals surface area contributed by atoms with Gasteiger partial charge in [-0.15, -0.1) is 0 Å². The Morgan fingerprint density at radius 3 is 1.82 bits per heavy atom. The van der Waals surface area contributed by atoms with Gasteiger partial charge in [-0.2, -0.15) is 39.5 Å². The van der Waals surface area contributed by atoms with Gasteiger partial charge in [-0.3, -0.25) is 4.79 Å². The number of anilines is 3. The molecule has 1 aliphatic heterocycles. The van der Waals surface area contributed by atoms with Crippen molar-refractivity contribution < 1.29 is 49.0 Å². The first-order valence-electron chi connectivity index (χ1n) is 18.5. The largest absolute Gasteiger partial charge is 0.466 e. The van der Waals surface area contributed by atoms with Gasteiger partial charge in [0.15, 0.2) is 0 Å². The van der Waals surface area contributed by atoms with E-state index in [0.29, 0.717) is 56.8 Å². The maximum absolute atomic E-state index is 14.0. The minimum atomic E-state index is -5.11. The summed E-state index contributed by atoms with van der Waals surface area (Å²) in [6.07, 6.45) is -6.49. The Labute approximate surface area is 315 Å². The van der Waals surface area contributed by atoms with Crippen LogP contribution in [-0.4, -0.2) is 53.7 Å². The smallest absolute Gasteiger partial charge is 0.417 e. The second kappa shape index (κ2) is 18.5. The second-order valence-electron chi connectivity index (χ2n) is 13.4. The number of ether oxygens (including phenoxy) is 1. The van der Waals surface area contributed by atoms with E-state index in [2.05, 4.69) is 15.0 Å². The van der Waals surface area contributed by atoms with Gasteiger partial charge in [0.1, 0.15) is 5.82 Å². The molecular weight excluding hydrogens is 743 g/mol. The van der Waals surface area contributed by atoms with Crippen molar-refractivity contribution in [3.8, 4) is 0 Å². The van der Waals surface area contributed by atoms with E-state index in [9.17, 15) is 44.3 Å². The van der Waals surface area contributed by atoms with Crippen molar-refractivity contribution in [2.24, 2.45) is 11.8 Å². The normalized spacial score (nSPS) is 15.8. The first-order valence-corrected chi connectivity index (χ1v) is 18.5. The zero-order chi connectivity index (χ0) is 40.6. The second-order valence-corrected chi connectivity index (χ2v) is 13.4. The number of esters is 1. The van der Waals surface area contributed by atoms with E-state index in [1.165, 1.54) is 17.3 Å². The Kier molecular flexibility index (Phi) is 14.6. The molecular formula is C38H47F9N6O2. The quantitative estimate of drug-likeness (QED) is 0.133. The van der Waals surface area contributed by atoms with Gasteiger partial charge in [-0.25, -0.2) is 15.0 Å². The molecule has 1 saturated heterocycles. The number of nitrogens with zero attached hydrogens (tertiary/aromatic N) is 6. The van der Waals surface area contributed by atoms with Crippen LogP contribution in [0.25, 0.3) is 0 Å². The summed E-state index contributed by atoms with van der Waals surface area (Å²) in [7, 11) is 0. The van der Waals surface area contributed by atoms with Crippen molar-refractivity contribution in [1.29, 1.82) is 0 Å². The highest BCUT2D eigenvalue weighted by Gasteiger charge is 2.38. The number of hydrogen-bond donors (Lipinski definition) is 0. The molecule has 2 aliphatic rings. The van der Waals surface area contributed by atoms with Crippen molar-refractivity contribution in [2.75, 3.05) is 47.5 Å². The molecule has 0 spiro atoms. The van der Waals surface area contributed by atoms with Gasteiger partial charge in [-0.05, 0) is 75.3 Å². The standard InChI is InChI=1S/C36H41F9N6O2.C2H6/c1-3-49(20-23-7-5-6-8-23)31-26(15-29(17-46-31)36(43,44)45)22-51(21-24-13-27(34(37,38)39)16-28(14-24)35(40,41)42)33-47-18-30(19-48-33)50-11-9-25(10-12-50)32(52)53-4-2;1-2/h13-19,23,25H,3-12,20-22H2,1-2H3;1-2H3. The zero-order valence-corrected chi connectivity index (χ0v) is 31.3. The summed E-state index contributed by atoms with van der Waals surface area (Å²) in [6, 6.07) is 2.07. The van der Waals surface area contributed by atoms with E-state index < -0.39 is 53.9 Å². The minimum Gasteiger partial charge on any atom is -0.466 e. The number of benzene rings is 1. The fourth-order valence-electron chi connectivity index (χ4n) is 6.94. The Morgan fingerprint density at radius 1 is 0.745 bits per heavy atom. The van der Waals surface area contributed by atoms with E-state index in [0.717, 1.165) is 37.9 Å². The molecule has 1 aliphatic carbocycles. The first-order chi connectivity index (χ1) is 26.0. The molecule has 0 atom stereocenters. The zero-order valence-electron chi connectivity index (χ0n) is 31.3. The molecule has 2 aromatic heterocycles. The number of piperidine rings is 1. The van der Waals surface area contributed by atoms with Crippen LogP contribution in [0.1, 0.15) is 94.0 Å². The highest BCUT2D eigenvalue weighted by Crippen LogP contribution is 2.38. The van der Waals surface area contributed by atoms with Crippen molar-refractivity contribution in [3.05, 3.63) is 70.7 Å². The lowest BCUT2D eigenvalue weighted by Crippen LogP contribution is -2.37. The topological polar surface area (TPSA) is 74.7 Å². The van der Waals surface area contributed by atoms with Crippen LogP contribution in [-0.2, 0) is 41.1 Å². The summed E-state index contributed by atoms with van der Waals surface area (Å²) in [6.45, 7) is 8.62. The summed E-state index contributed by atoms with van der Waals surface area (Å²) < 4.78 is 130. The predicted octanol–water partition coefficient (Wildman–Crippen LogP) is 9.96. The maximum atomic E-state index is 14.0. The molecule has 2 fully saturated rings. The number of alkyl halides is 9. The van der Waals surface area contributed by atoms with E-state index in [-0.39, 0.29) is 47.8 Å². The SMILES string of the molecule is CC.CCOC(=O)C1CCN(c2cnc(N(Cc3cc(C(F)(F)F)cc(C(F)(F)F)c3)Cc3cc(C(F)(F)F)cnc3N(CC)CC3CCCC3)nc2)CC1. The van der Waals surface area contributed by atoms with E-state index in [4.69, 9.17) is 4.74 Å². The number of rotatable bonds is 12. The molecule has 1 aromatic carbocycles. The number of carbonyl (C=O) groups excluding carboxylic acids is 1. The Bertz CT molecular complexity index is 1650. The van der Waals surface area contributed by atoms with Crippen LogP contribution in [0.4, 0.5) is 57.0 Å². The van der Waals surface area contributed by atoms with Gasteiger partial charge in [0.25, 0.3) is 0 Å². The highest BCUT2D eigenvalue weighted by molar-refractivity contribution is 5.72. The van der Waals surface area contributed by atoms with E-state index in [1.54, 1.807) is 6.92 Å². The van der Waals surface area contributed by atoms with Crippen LogP contribution < -0.4 is 14.7 Å². The molecule has 17 heteroatoms. The minimum absolute atomic E-state index is 0.0151. The van der Waals surface area contributed by atoms with Crippen LogP contribution in [0.15, 0.2) is 42.9 Å². The van der Waals surface area contributed by atoms with Gasteiger partial charge in [0.05, 0.1) is 47.3 Å². The summed E-state index contributed by atoms with van der Waals surface area (Å²) in [4.78, 5) is 30.2. The summed E-state index contributed by atoms with van der Waals surface area (Å²) in [5.41, 5.74) is -3.92. The summed E-state index contributed by atoms with van der Waals surface area (Å²) in [5, 5.41) is 0. The van der Waals surface area contributed by atoms with Gasteiger partial charge in [0, 0.05) is 51.0 Å². The molecule has 3 heterocycles. The number of halogens is 9. The molecule has 0 radical (unpaired) electrons. The van der Waals surface area contributed by atoms with Crippen molar-refractivity contribution in [2.45, 2.75) is 97.8 Å². The maximum Gasteiger partial charge on any atom is 0.417 e. The molecule has 8 nitrogen and oxygen atoms in total. The summed E-state index contributed by atoms with van der Waals surface area (Å²) in [5.74, 6) is -0.192. The highest BCUT2D eigenvalue weighted by atomic mass is 19.4. The third kappa shape index (κ3) is 11.6. The molecule has 0 unspecified atom stereocenters. The predicted molar refractivity (Wildman–Crippen MR) is 190 cm³/mol. The number of hydrogen-bond acceptors (Lipinski definition) is 8. The Balaban J connectivity index is 0.00000331. The molecule has 1 saturated carbocycles. The average Bonchev–Trinajstić information content (AvgIpc) is 3.67. The Hall–Kier alpha value is -4.31. The third-order valence-corrected chi connectivity index (χ3v) is 9.67. The lowest BCUT2D eigenvalue weighted by atomic mass is 9.97. The Morgan fingerprint density at radius 2 is 1.31 bits per heavy atom. The molecule has 0 bridgehead atoms. The molecule has 304 valence electrons. The van der Waals surface area contributed by atoms with Crippen LogP contribution in [0.5, 0.6) is 0 Å². The van der Waals surface area contributed by atoms with Crippen LogP contribution in [0.3, 0.4) is 0 Å². The lowest BCUT2D eigenvalue weighted by Gasteiger charge is -2.32. The molecule has 55 heavy (non-hydrogen) atoms. The molecule has 0 N–H and O–H groups in total. The van der Waals surface area contributed by atoms with Gasteiger partial charge in [0.2, 0.25) is 5.95 Å². The monoisotopic (exact) mass is 790 g/mol. The van der Waals surface area contributed by atoms with Crippen LogP contribution >= 0.6 is 0 Å². The van der Waals surface area contributed by atoms with Crippen molar-refractivity contribution in [3.63, 3.8) is 0 Å². The third-order valence-electron chi connectivity index (χ3n) is 9.67. The van der Waals surface area contributed by atoms with Gasteiger partial charge in [-0.1, -0.05) is 26.7 Å². The lowest BCUT2D eigenvalue weighted by molar-refractivity contribution is -0.148. The van der Waals surface area contributed by atoms with E-state index in [1.807, 2.05) is 30.6 Å². The first kappa shape index (κ1) is 43.4. The van der Waals surface area contributed by atoms with Gasteiger partial charge < -0.3 is 19.4 Å².